The Morgan fingerprint density at radius 3 is 2.50 bits per heavy atom. The monoisotopic (exact) mass is 250 g/mol. The van der Waals surface area contributed by atoms with Crippen LogP contribution in [0, 0.1) is 5.82 Å². The van der Waals surface area contributed by atoms with Crippen LogP contribution in [0.4, 0.5) is 10.1 Å². The second-order valence-corrected chi connectivity index (χ2v) is 4.61. The molecule has 0 amide bonds. The Morgan fingerprint density at radius 2 is 1.94 bits per heavy atom. The number of benzene rings is 1. The summed E-state index contributed by atoms with van der Waals surface area (Å²) in [6.45, 7) is 8.21. The molecule has 1 fully saturated rings. The molecule has 0 bridgehead atoms. The van der Waals surface area contributed by atoms with Gasteiger partial charge in [0.15, 0.2) is 5.78 Å². The molecule has 1 aromatic rings. The average Bonchev–Trinajstić information content (AvgIpc) is 2.38. The van der Waals surface area contributed by atoms with E-state index in [1.807, 2.05) is 6.07 Å². The van der Waals surface area contributed by atoms with Gasteiger partial charge in [0.25, 0.3) is 0 Å². The summed E-state index contributed by atoms with van der Waals surface area (Å²) in [4.78, 5) is 16.0. The molecule has 1 saturated heterocycles. The first-order valence-corrected chi connectivity index (χ1v) is 6.40. The lowest BCUT2D eigenvalue weighted by molar-refractivity contribution is 0.101. The van der Waals surface area contributed by atoms with Crippen molar-refractivity contribution in [3.63, 3.8) is 0 Å². The third-order valence-electron chi connectivity index (χ3n) is 3.50. The van der Waals surface area contributed by atoms with Gasteiger partial charge in [-0.1, -0.05) is 13.0 Å². The first-order valence-electron chi connectivity index (χ1n) is 6.40. The molecule has 1 aliphatic rings. The largest absolute Gasteiger partial charge is 0.368 e. The molecule has 0 spiro atoms. The topological polar surface area (TPSA) is 23.6 Å². The second-order valence-electron chi connectivity index (χ2n) is 4.61. The Labute approximate surface area is 107 Å². The minimum absolute atomic E-state index is 0.207. The number of carbonyl (C=O) groups is 1. The van der Waals surface area contributed by atoms with Crippen LogP contribution in [-0.2, 0) is 0 Å². The Balaban J connectivity index is 2.24. The highest BCUT2D eigenvalue weighted by atomic mass is 19.1. The Bertz CT molecular complexity index is 439. The SMILES string of the molecule is CCN1CCN(c2cccc(F)c2C(C)=O)CC1. The first kappa shape index (κ1) is 13.0. The molecular formula is C14H19FN2O. The van der Waals surface area contributed by atoms with Gasteiger partial charge in [-0.2, -0.15) is 0 Å². The number of Topliss-reactive ketones (excluding diaryl/α,β-unsaturated/α-hetero) is 1. The standard InChI is InChI=1S/C14H19FN2O/c1-3-16-7-9-17(10-8-16)13-6-4-5-12(15)14(13)11(2)18/h4-6H,3,7-10H2,1-2H3. The molecule has 0 atom stereocenters. The molecular weight excluding hydrogens is 231 g/mol. The highest BCUT2D eigenvalue weighted by Gasteiger charge is 2.21. The lowest BCUT2D eigenvalue weighted by atomic mass is 10.1. The molecule has 0 aromatic heterocycles. The average molecular weight is 250 g/mol. The van der Waals surface area contributed by atoms with Crippen molar-refractivity contribution in [3.8, 4) is 0 Å². The highest BCUT2D eigenvalue weighted by molar-refractivity contribution is 6.00. The third kappa shape index (κ3) is 2.53. The van der Waals surface area contributed by atoms with E-state index < -0.39 is 5.82 Å². The van der Waals surface area contributed by atoms with Crippen LogP contribution in [0.3, 0.4) is 0 Å². The minimum Gasteiger partial charge on any atom is -0.368 e. The summed E-state index contributed by atoms with van der Waals surface area (Å²) in [6, 6.07) is 4.85. The molecule has 0 radical (unpaired) electrons. The quantitative estimate of drug-likeness (QED) is 0.768. The van der Waals surface area contributed by atoms with E-state index >= 15 is 0 Å². The number of anilines is 1. The lowest BCUT2D eigenvalue weighted by Gasteiger charge is -2.36. The smallest absolute Gasteiger partial charge is 0.164 e. The van der Waals surface area contributed by atoms with Crippen LogP contribution in [0.15, 0.2) is 18.2 Å². The predicted octanol–water partition coefficient (Wildman–Crippen LogP) is 2.17. The molecule has 4 heteroatoms. The molecule has 1 aliphatic heterocycles. The molecule has 0 N–H and O–H groups in total. The van der Waals surface area contributed by atoms with E-state index in [-0.39, 0.29) is 11.3 Å². The van der Waals surface area contributed by atoms with Gasteiger partial charge in [-0.05, 0) is 25.6 Å². The molecule has 0 aliphatic carbocycles. The summed E-state index contributed by atoms with van der Waals surface area (Å²) in [5.74, 6) is -0.626. The van der Waals surface area contributed by atoms with Gasteiger partial charge in [0.2, 0.25) is 0 Å². The summed E-state index contributed by atoms with van der Waals surface area (Å²) in [5.41, 5.74) is 0.959. The summed E-state index contributed by atoms with van der Waals surface area (Å²) >= 11 is 0. The number of piperazine rings is 1. The summed E-state index contributed by atoms with van der Waals surface area (Å²) in [6.07, 6.45) is 0. The number of nitrogens with zero attached hydrogens (tertiary/aromatic N) is 2. The fraction of sp³-hybridized carbons (Fsp3) is 0.500. The van der Waals surface area contributed by atoms with Crippen LogP contribution in [0.1, 0.15) is 24.2 Å². The van der Waals surface area contributed by atoms with Crippen LogP contribution < -0.4 is 4.90 Å². The van der Waals surface area contributed by atoms with Crippen molar-refractivity contribution in [3.05, 3.63) is 29.6 Å². The van der Waals surface area contributed by atoms with Gasteiger partial charge in [-0.3, -0.25) is 4.79 Å². The van der Waals surface area contributed by atoms with Crippen molar-refractivity contribution in [2.45, 2.75) is 13.8 Å². The number of ketones is 1. The number of hydrogen-bond acceptors (Lipinski definition) is 3. The minimum atomic E-state index is -0.419. The maximum absolute atomic E-state index is 13.7. The number of rotatable bonds is 3. The normalized spacial score (nSPS) is 16.9. The highest BCUT2D eigenvalue weighted by Crippen LogP contribution is 2.24. The van der Waals surface area contributed by atoms with Gasteiger partial charge >= 0.3 is 0 Å². The van der Waals surface area contributed by atoms with Crippen molar-refractivity contribution in [2.75, 3.05) is 37.6 Å². The third-order valence-corrected chi connectivity index (χ3v) is 3.50. The van der Waals surface area contributed by atoms with E-state index in [1.54, 1.807) is 6.07 Å². The Morgan fingerprint density at radius 1 is 1.28 bits per heavy atom. The van der Waals surface area contributed by atoms with Gasteiger partial charge in [0, 0.05) is 26.2 Å². The summed E-state index contributed by atoms with van der Waals surface area (Å²) in [7, 11) is 0. The first-order chi connectivity index (χ1) is 8.63. The fourth-order valence-corrected chi connectivity index (χ4v) is 2.43. The number of likely N-dealkylation sites (N-methyl/N-ethyl adjacent to an activating group) is 1. The van der Waals surface area contributed by atoms with E-state index in [0.717, 1.165) is 38.4 Å². The molecule has 2 rings (SSSR count). The maximum atomic E-state index is 13.7. The van der Waals surface area contributed by atoms with Crippen molar-refractivity contribution in [1.29, 1.82) is 0 Å². The zero-order chi connectivity index (χ0) is 13.1. The number of hydrogen-bond donors (Lipinski definition) is 0. The molecule has 1 aromatic carbocycles. The number of carbonyl (C=O) groups excluding carboxylic acids is 1. The number of halogens is 1. The van der Waals surface area contributed by atoms with Crippen LogP contribution >= 0.6 is 0 Å². The van der Waals surface area contributed by atoms with E-state index in [2.05, 4.69) is 16.7 Å². The summed E-state index contributed by atoms with van der Waals surface area (Å²) < 4.78 is 13.7. The van der Waals surface area contributed by atoms with E-state index in [1.165, 1.54) is 13.0 Å². The molecule has 0 saturated carbocycles. The van der Waals surface area contributed by atoms with Gasteiger partial charge in [-0.15, -0.1) is 0 Å². The van der Waals surface area contributed by atoms with Crippen LogP contribution in [-0.4, -0.2) is 43.4 Å². The van der Waals surface area contributed by atoms with Crippen LogP contribution in [0.25, 0.3) is 0 Å². The predicted molar refractivity (Wildman–Crippen MR) is 70.7 cm³/mol. The van der Waals surface area contributed by atoms with Crippen LogP contribution in [0.2, 0.25) is 0 Å². The van der Waals surface area contributed by atoms with Gasteiger partial charge in [0.1, 0.15) is 5.82 Å². The zero-order valence-corrected chi connectivity index (χ0v) is 10.9. The zero-order valence-electron chi connectivity index (χ0n) is 10.9. The molecule has 98 valence electrons. The molecule has 18 heavy (non-hydrogen) atoms. The molecule has 3 nitrogen and oxygen atoms in total. The van der Waals surface area contributed by atoms with Crippen molar-refractivity contribution in [2.24, 2.45) is 0 Å². The van der Waals surface area contributed by atoms with Crippen LogP contribution in [0.5, 0.6) is 0 Å². The Hall–Kier alpha value is -1.42. The molecule has 1 heterocycles. The lowest BCUT2D eigenvalue weighted by Crippen LogP contribution is -2.46. The Kier molecular flexibility index (Phi) is 3.97. The van der Waals surface area contributed by atoms with E-state index in [0.29, 0.717) is 0 Å². The van der Waals surface area contributed by atoms with Gasteiger partial charge < -0.3 is 9.80 Å². The van der Waals surface area contributed by atoms with Gasteiger partial charge in [0.05, 0.1) is 11.3 Å². The van der Waals surface area contributed by atoms with Crippen molar-refractivity contribution in [1.82, 2.24) is 4.90 Å². The molecule has 0 unspecified atom stereocenters. The van der Waals surface area contributed by atoms with Crippen molar-refractivity contribution < 1.29 is 9.18 Å². The van der Waals surface area contributed by atoms with E-state index in [4.69, 9.17) is 0 Å². The van der Waals surface area contributed by atoms with Gasteiger partial charge in [-0.25, -0.2) is 4.39 Å². The maximum Gasteiger partial charge on any atom is 0.164 e. The fourth-order valence-electron chi connectivity index (χ4n) is 2.43. The second kappa shape index (κ2) is 5.48. The van der Waals surface area contributed by atoms with Crippen molar-refractivity contribution >= 4 is 11.5 Å². The van der Waals surface area contributed by atoms with E-state index in [9.17, 15) is 9.18 Å². The summed E-state index contributed by atoms with van der Waals surface area (Å²) in [5, 5.41) is 0.